The van der Waals surface area contributed by atoms with Crippen LogP contribution >= 0.6 is 0 Å². The third kappa shape index (κ3) is 10.7. The van der Waals surface area contributed by atoms with Crippen molar-refractivity contribution in [2.75, 3.05) is 18.5 Å². The lowest BCUT2D eigenvalue weighted by Crippen LogP contribution is -2.32. The summed E-state index contributed by atoms with van der Waals surface area (Å²) in [5, 5.41) is 21.8. The first kappa shape index (κ1) is 35.8. The van der Waals surface area contributed by atoms with Crippen LogP contribution in [-0.4, -0.2) is 46.3 Å². The molecule has 1 heterocycles. The van der Waals surface area contributed by atoms with E-state index in [1.54, 1.807) is 69.3 Å². The number of nitrogens with zero attached hydrogens (tertiary/aromatic N) is 2. The van der Waals surface area contributed by atoms with Gasteiger partial charge in [-0.25, -0.2) is 0 Å². The smallest absolute Gasteiger partial charge is 0.470 e. The lowest BCUT2D eigenvalue weighted by Gasteiger charge is -2.26. The lowest BCUT2D eigenvalue weighted by atomic mass is 9.91. The third-order valence-electron chi connectivity index (χ3n) is 6.81. The molecule has 3 aromatic rings. The highest BCUT2D eigenvalue weighted by atomic mass is 19.4. The molecular formula is C31H39F3N4O6. The quantitative estimate of drug-likeness (QED) is 0.177. The molecule has 13 heteroatoms. The van der Waals surface area contributed by atoms with E-state index in [0.29, 0.717) is 30.6 Å². The molecule has 0 aliphatic rings. The first-order valence-electron chi connectivity index (χ1n) is 14.4. The van der Waals surface area contributed by atoms with E-state index >= 15 is 0 Å². The van der Waals surface area contributed by atoms with Crippen LogP contribution < -0.4 is 10.6 Å². The molecule has 0 saturated heterocycles. The van der Waals surface area contributed by atoms with Crippen molar-refractivity contribution in [3.05, 3.63) is 65.5 Å². The Morgan fingerprint density at radius 3 is 2.05 bits per heavy atom. The van der Waals surface area contributed by atoms with Gasteiger partial charge >= 0.3 is 24.0 Å². The lowest BCUT2D eigenvalue weighted by molar-refractivity contribution is -0.157. The summed E-state index contributed by atoms with van der Waals surface area (Å²) in [6.07, 6.45) is -2.95. The number of hydrogen-bond acceptors (Lipinski definition) is 8. The summed E-state index contributed by atoms with van der Waals surface area (Å²) in [4.78, 5) is 33.7. The number of carboxylic acid groups (broad SMARTS) is 1. The summed E-state index contributed by atoms with van der Waals surface area (Å²) in [6.45, 7) is 10.0. The standard InChI is InChI=1S/C26H29F3N4O4.C5H10O2/c1-4-15(3)21(17-6-8-19(9-7-17)23-32-33-25(37-23)26(27,28)29)31-20-12-10-18(11-13-20)22(34)30-14-16(5-2)24(35)36;1-3-5(6)7-4-2/h6-13,15-16,21,31H,4-5,14H2,1-3H3,(H,30,34)(H,35,36);3-4H2,1-2H3/t15?,16?,21-;/m0./s1. The van der Waals surface area contributed by atoms with Gasteiger partial charge in [-0.05, 0) is 61.2 Å². The Labute approximate surface area is 254 Å². The number of benzene rings is 2. The Morgan fingerprint density at radius 2 is 1.59 bits per heavy atom. The van der Waals surface area contributed by atoms with E-state index < -0.39 is 24.0 Å². The van der Waals surface area contributed by atoms with Crippen LogP contribution in [-0.2, 0) is 20.5 Å². The van der Waals surface area contributed by atoms with Crippen LogP contribution in [0, 0.1) is 11.8 Å². The molecule has 0 aliphatic carbocycles. The van der Waals surface area contributed by atoms with E-state index in [1.165, 1.54) is 0 Å². The maximum Gasteiger partial charge on any atom is 0.470 e. The molecule has 3 atom stereocenters. The monoisotopic (exact) mass is 620 g/mol. The number of hydrogen-bond donors (Lipinski definition) is 3. The third-order valence-corrected chi connectivity index (χ3v) is 6.81. The molecule has 0 spiro atoms. The highest BCUT2D eigenvalue weighted by molar-refractivity contribution is 5.94. The van der Waals surface area contributed by atoms with Crippen molar-refractivity contribution in [2.24, 2.45) is 11.8 Å². The fourth-order valence-corrected chi connectivity index (χ4v) is 3.96. The number of ether oxygens (including phenoxy) is 1. The maximum atomic E-state index is 12.8. The van der Waals surface area contributed by atoms with Gasteiger partial charge in [-0.1, -0.05) is 46.2 Å². The van der Waals surface area contributed by atoms with Gasteiger partial charge in [0.2, 0.25) is 5.89 Å². The second kappa shape index (κ2) is 17.0. The van der Waals surface area contributed by atoms with Crippen molar-refractivity contribution in [2.45, 2.75) is 66.1 Å². The molecule has 10 nitrogen and oxygen atoms in total. The molecule has 44 heavy (non-hydrogen) atoms. The highest BCUT2D eigenvalue weighted by Gasteiger charge is 2.38. The van der Waals surface area contributed by atoms with Crippen LogP contribution in [0.25, 0.3) is 11.5 Å². The average molecular weight is 621 g/mol. The number of carbonyl (C=O) groups is 3. The van der Waals surface area contributed by atoms with Crippen molar-refractivity contribution in [3.63, 3.8) is 0 Å². The number of carboxylic acids is 1. The Balaban J connectivity index is 0.000000860. The second-order valence-electron chi connectivity index (χ2n) is 9.93. The van der Waals surface area contributed by atoms with Gasteiger partial charge in [0, 0.05) is 29.8 Å². The number of nitrogens with one attached hydrogen (secondary N) is 2. The highest BCUT2D eigenvalue weighted by Crippen LogP contribution is 2.33. The molecule has 1 aromatic heterocycles. The van der Waals surface area contributed by atoms with Crippen molar-refractivity contribution in [1.82, 2.24) is 15.5 Å². The maximum absolute atomic E-state index is 12.8. The van der Waals surface area contributed by atoms with Crippen molar-refractivity contribution < 1.29 is 41.8 Å². The molecule has 240 valence electrons. The molecule has 2 aromatic carbocycles. The van der Waals surface area contributed by atoms with E-state index in [1.807, 2.05) is 0 Å². The molecule has 1 amide bonds. The van der Waals surface area contributed by atoms with E-state index in [4.69, 9.17) is 9.52 Å². The summed E-state index contributed by atoms with van der Waals surface area (Å²) < 4.78 is 47.6. The average Bonchev–Trinajstić information content (AvgIpc) is 3.52. The number of carbonyl (C=O) groups excluding carboxylic acids is 2. The topological polar surface area (TPSA) is 144 Å². The first-order valence-corrected chi connectivity index (χ1v) is 14.4. The van der Waals surface area contributed by atoms with Gasteiger partial charge in [-0.2, -0.15) is 13.2 Å². The summed E-state index contributed by atoms with van der Waals surface area (Å²) in [5.41, 5.74) is 2.47. The van der Waals surface area contributed by atoms with Crippen LogP contribution in [0.5, 0.6) is 0 Å². The minimum absolute atomic E-state index is 0.0534. The van der Waals surface area contributed by atoms with Gasteiger partial charge in [0.25, 0.3) is 5.91 Å². The molecular weight excluding hydrogens is 581 g/mol. The van der Waals surface area contributed by atoms with Gasteiger partial charge < -0.3 is 24.9 Å². The minimum atomic E-state index is -4.70. The number of rotatable bonds is 13. The van der Waals surface area contributed by atoms with Crippen LogP contribution in [0.1, 0.15) is 81.7 Å². The Morgan fingerprint density at radius 1 is 0.955 bits per heavy atom. The first-order chi connectivity index (χ1) is 20.8. The fraction of sp³-hybridized carbons (Fsp3) is 0.452. The zero-order valence-corrected chi connectivity index (χ0v) is 25.4. The number of alkyl halides is 3. The van der Waals surface area contributed by atoms with Crippen molar-refractivity contribution >= 4 is 23.5 Å². The van der Waals surface area contributed by atoms with Crippen LogP contribution in [0.2, 0.25) is 0 Å². The van der Waals surface area contributed by atoms with Gasteiger partial charge in [-0.3, -0.25) is 14.4 Å². The van der Waals surface area contributed by atoms with E-state index in [0.717, 1.165) is 17.7 Å². The molecule has 0 radical (unpaired) electrons. The Kier molecular flexibility index (Phi) is 13.8. The van der Waals surface area contributed by atoms with Gasteiger partial charge in [-0.15, -0.1) is 10.2 Å². The van der Waals surface area contributed by atoms with Crippen LogP contribution in [0.3, 0.4) is 0 Å². The van der Waals surface area contributed by atoms with E-state index in [2.05, 4.69) is 39.4 Å². The number of anilines is 1. The largest absolute Gasteiger partial charge is 0.481 e. The summed E-state index contributed by atoms with van der Waals surface area (Å²) in [7, 11) is 0. The molecule has 0 bridgehead atoms. The zero-order valence-electron chi connectivity index (χ0n) is 25.4. The predicted molar refractivity (Wildman–Crippen MR) is 158 cm³/mol. The fourth-order valence-electron chi connectivity index (χ4n) is 3.96. The molecule has 0 aliphatic heterocycles. The molecule has 2 unspecified atom stereocenters. The van der Waals surface area contributed by atoms with Gasteiger partial charge in [0.1, 0.15) is 0 Å². The number of halogens is 3. The SMILES string of the molecule is CCC(CNC(=O)c1ccc(N[C@H](c2ccc(-c3nnc(C(F)(F)F)o3)cc2)C(C)CC)cc1)C(=O)O.CCOC(=O)CC. The second-order valence-corrected chi connectivity index (χ2v) is 9.93. The minimum Gasteiger partial charge on any atom is -0.481 e. The summed E-state index contributed by atoms with van der Waals surface area (Å²) in [6, 6.07) is 13.6. The summed E-state index contributed by atoms with van der Waals surface area (Å²) in [5.74, 6) is -3.47. The van der Waals surface area contributed by atoms with Crippen LogP contribution in [0.15, 0.2) is 52.9 Å². The number of esters is 1. The molecule has 3 N–H and O–H groups in total. The van der Waals surface area contributed by atoms with Crippen molar-refractivity contribution in [1.29, 1.82) is 0 Å². The number of amides is 1. The Hall–Kier alpha value is -4.42. The van der Waals surface area contributed by atoms with Crippen LogP contribution in [0.4, 0.5) is 18.9 Å². The van der Waals surface area contributed by atoms with Crippen molar-refractivity contribution in [3.8, 4) is 11.5 Å². The molecule has 3 rings (SSSR count). The molecule has 0 saturated carbocycles. The number of aromatic nitrogens is 2. The predicted octanol–water partition coefficient (Wildman–Crippen LogP) is 6.75. The Bertz CT molecular complexity index is 1340. The zero-order chi connectivity index (χ0) is 32.9. The normalized spacial score (nSPS) is 13.1. The molecule has 0 fully saturated rings. The van der Waals surface area contributed by atoms with Gasteiger partial charge in [0.15, 0.2) is 0 Å². The number of aliphatic carboxylic acids is 1. The summed E-state index contributed by atoms with van der Waals surface area (Å²) >= 11 is 0. The van der Waals surface area contributed by atoms with E-state index in [9.17, 15) is 27.6 Å². The van der Waals surface area contributed by atoms with E-state index in [-0.39, 0.29) is 36.3 Å². The van der Waals surface area contributed by atoms with Gasteiger partial charge in [0.05, 0.1) is 18.6 Å².